The number of rotatable bonds is 10. The lowest BCUT2D eigenvalue weighted by atomic mass is 10.1. The third-order valence-corrected chi connectivity index (χ3v) is 6.07. The van der Waals surface area contributed by atoms with Crippen LogP contribution in [-0.4, -0.2) is 48.0 Å². The summed E-state index contributed by atoms with van der Waals surface area (Å²) in [6.45, 7) is -0.145. The standard InChI is InChI=1S/C24H22ClFN4O6S/c25-15-9-13(11-28-20(31)7-4-14-3-1-2-8-36-14)10-16(26)21(15)23(33)30-17(24(34)35)12-29-22(32)18-5-6-19(27)37-18/h1-7,9-10,17H,8,11-12,27H2,(H,28,31)(H,29,32)(H,30,33)(H,34,35)/b7-4+/t17-/m0/s1. The van der Waals surface area contributed by atoms with E-state index in [9.17, 15) is 28.7 Å². The van der Waals surface area contributed by atoms with Gasteiger partial charge in [-0.1, -0.05) is 17.7 Å². The van der Waals surface area contributed by atoms with Gasteiger partial charge >= 0.3 is 5.97 Å². The molecular formula is C24H22ClFN4O6S. The maximum Gasteiger partial charge on any atom is 0.328 e. The summed E-state index contributed by atoms with van der Waals surface area (Å²) in [5.41, 5.74) is 5.27. The average Bonchev–Trinajstić information content (AvgIpc) is 3.30. The van der Waals surface area contributed by atoms with Crippen LogP contribution in [0.5, 0.6) is 0 Å². The van der Waals surface area contributed by atoms with Crippen LogP contribution in [0.2, 0.25) is 5.02 Å². The number of carboxylic acid groups (broad SMARTS) is 1. The quantitative estimate of drug-likeness (QED) is 0.285. The highest BCUT2D eigenvalue weighted by atomic mass is 35.5. The predicted molar refractivity (Wildman–Crippen MR) is 136 cm³/mol. The van der Waals surface area contributed by atoms with Crippen LogP contribution >= 0.6 is 22.9 Å². The number of thiophene rings is 1. The highest BCUT2D eigenvalue weighted by Crippen LogP contribution is 2.22. The molecule has 3 amide bonds. The largest absolute Gasteiger partial charge is 0.490 e. The number of aliphatic carboxylic acids is 1. The molecule has 1 aliphatic rings. The summed E-state index contributed by atoms with van der Waals surface area (Å²) >= 11 is 7.11. The number of carboxylic acids is 1. The fourth-order valence-electron chi connectivity index (χ4n) is 3.05. The van der Waals surface area contributed by atoms with Crippen LogP contribution in [0.3, 0.4) is 0 Å². The molecule has 0 spiro atoms. The second-order valence-electron chi connectivity index (χ2n) is 7.57. The Labute approximate surface area is 219 Å². The number of halogens is 2. The summed E-state index contributed by atoms with van der Waals surface area (Å²) in [5, 5.41) is 16.6. The Hall–Kier alpha value is -4.16. The van der Waals surface area contributed by atoms with Gasteiger partial charge in [0.05, 0.1) is 20.5 Å². The van der Waals surface area contributed by atoms with Crippen molar-refractivity contribution < 1.29 is 33.4 Å². The molecule has 0 unspecified atom stereocenters. The van der Waals surface area contributed by atoms with E-state index in [1.165, 1.54) is 30.4 Å². The first-order valence-corrected chi connectivity index (χ1v) is 11.9. The molecule has 1 aliphatic heterocycles. The molecule has 194 valence electrons. The van der Waals surface area contributed by atoms with Gasteiger partial charge in [-0.3, -0.25) is 14.4 Å². The summed E-state index contributed by atoms with van der Waals surface area (Å²) in [4.78, 5) is 48.6. The predicted octanol–water partition coefficient (Wildman–Crippen LogP) is 2.38. The van der Waals surface area contributed by atoms with Crippen LogP contribution in [0.1, 0.15) is 25.6 Å². The molecule has 0 bridgehead atoms. The molecule has 1 aromatic carbocycles. The normalized spacial score (nSPS) is 13.4. The monoisotopic (exact) mass is 548 g/mol. The van der Waals surface area contributed by atoms with Gasteiger partial charge < -0.3 is 31.5 Å². The molecule has 1 atom stereocenters. The molecule has 2 aromatic rings. The van der Waals surface area contributed by atoms with E-state index in [0.717, 1.165) is 17.4 Å². The van der Waals surface area contributed by atoms with E-state index in [4.69, 9.17) is 22.1 Å². The molecule has 3 rings (SSSR count). The van der Waals surface area contributed by atoms with Crippen molar-refractivity contribution in [2.75, 3.05) is 18.9 Å². The Bertz CT molecular complexity index is 1280. The van der Waals surface area contributed by atoms with E-state index >= 15 is 0 Å². The summed E-state index contributed by atoms with van der Waals surface area (Å²) in [6.07, 6.45) is 8.03. The van der Waals surface area contributed by atoms with Crippen LogP contribution in [0.15, 0.2) is 60.4 Å². The molecule has 37 heavy (non-hydrogen) atoms. The topological polar surface area (TPSA) is 160 Å². The molecule has 0 saturated heterocycles. The number of anilines is 1. The van der Waals surface area contributed by atoms with E-state index in [2.05, 4.69) is 16.0 Å². The van der Waals surface area contributed by atoms with Gasteiger partial charge in [-0.2, -0.15) is 0 Å². The summed E-state index contributed by atoms with van der Waals surface area (Å²) in [7, 11) is 0. The first kappa shape index (κ1) is 27.4. The van der Waals surface area contributed by atoms with Gasteiger partial charge in [0.25, 0.3) is 11.8 Å². The van der Waals surface area contributed by atoms with Gasteiger partial charge in [0.2, 0.25) is 5.91 Å². The number of carbonyl (C=O) groups excluding carboxylic acids is 3. The number of allylic oxidation sites excluding steroid dienone is 3. The first-order valence-electron chi connectivity index (χ1n) is 10.7. The van der Waals surface area contributed by atoms with E-state index < -0.39 is 47.7 Å². The third kappa shape index (κ3) is 7.92. The number of nitrogen functional groups attached to an aromatic ring is 1. The third-order valence-electron chi connectivity index (χ3n) is 4.86. The molecule has 2 heterocycles. The van der Waals surface area contributed by atoms with E-state index in [1.54, 1.807) is 12.2 Å². The molecule has 0 aliphatic carbocycles. The minimum atomic E-state index is -1.56. The van der Waals surface area contributed by atoms with Crippen LogP contribution in [-0.2, 0) is 20.9 Å². The fraction of sp³-hybridized carbons (Fsp3) is 0.167. The molecule has 0 fully saturated rings. The Morgan fingerprint density at radius 2 is 2.00 bits per heavy atom. The van der Waals surface area contributed by atoms with Crippen molar-refractivity contribution in [3.05, 3.63) is 87.2 Å². The number of nitrogens with two attached hydrogens (primary N) is 1. The minimum Gasteiger partial charge on any atom is -0.490 e. The van der Waals surface area contributed by atoms with Crippen molar-refractivity contribution in [2.45, 2.75) is 12.6 Å². The van der Waals surface area contributed by atoms with Crippen molar-refractivity contribution in [3.8, 4) is 0 Å². The zero-order chi connectivity index (χ0) is 26.9. The lowest BCUT2D eigenvalue weighted by molar-refractivity contribution is -0.139. The summed E-state index contributed by atoms with van der Waals surface area (Å²) in [5.74, 6) is -4.08. The van der Waals surface area contributed by atoms with Gasteiger partial charge in [0.1, 0.15) is 24.2 Å². The number of carbonyl (C=O) groups is 4. The smallest absolute Gasteiger partial charge is 0.328 e. The maximum absolute atomic E-state index is 14.7. The number of amides is 3. The van der Waals surface area contributed by atoms with Crippen LogP contribution in [0.25, 0.3) is 0 Å². The van der Waals surface area contributed by atoms with Gasteiger partial charge in [-0.15, -0.1) is 11.3 Å². The van der Waals surface area contributed by atoms with Gasteiger partial charge in [-0.25, -0.2) is 9.18 Å². The number of benzene rings is 1. The molecule has 10 nitrogen and oxygen atoms in total. The van der Waals surface area contributed by atoms with Crippen LogP contribution in [0, 0.1) is 5.82 Å². The van der Waals surface area contributed by atoms with Crippen molar-refractivity contribution in [2.24, 2.45) is 0 Å². The van der Waals surface area contributed by atoms with E-state index in [-0.39, 0.29) is 22.0 Å². The maximum atomic E-state index is 14.7. The second kappa shape index (κ2) is 12.7. The van der Waals surface area contributed by atoms with Crippen LogP contribution < -0.4 is 21.7 Å². The van der Waals surface area contributed by atoms with Gasteiger partial charge in [0, 0.05) is 19.2 Å². The summed E-state index contributed by atoms with van der Waals surface area (Å²) < 4.78 is 20.0. The number of nitrogens with one attached hydrogen (secondary N) is 3. The first-order chi connectivity index (χ1) is 17.6. The van der Waals surface area contributed by atoms with Crippen molar-refractivity contribution >= 4 is 51.6 Å². The number of hydrogen-bond acceptors (Lipinski definition) is 7. The highest BCUT2D eigenvalue weighted by molar-refractivity contribution is 7.17. The summed E-state index contributed by atoms with van der Waals surface area (Å²) in [6, 6.07) is 3.71. The molecule has 0 saturated carbocycles. The van der Waals surface area contributed by atoms with E-state index in [0.29, 0.717) is 17.4 Å². The number of hydrogen-bond donors (Lipinski definition) is 5. The molecule has 0 radical (unpaired) electrons. The van der Waals surface area contributed by atoms with Crippen molar-refractivity contribution in [3.63, 3.8) is 0 Å². The SMILES string of the molecule is Nc1ccc(C(=O)NC[C@H](NC(=O)c2c(F)cc(CNC(=O)/C=C/C3=CC=CCO3)cc2Cl)C(=O)O)s1. The lowest BCUT2D eigenvalue weighted by Gasteiger charge is -2.16. The second-order valence-corrected chi connectivity index (χ2v) is 9.09. The average molecular weight is 549 g/mol. The van der Waals surface area contributed by atoms with Gasteiger partial charge in [-0.05, 0) is 48.1 Å². The lowest BCUT2D eigenvalue weighted by Crippen LogP contribution is -2.48. The van der Waals surface area contributed by atoms with Gasteiger partial charge in [0.15, 0.2) is 0 Å². The fourth-order valence-corrected chi connectivity index (χ4v) is 4.06. The Morgan fingerprint density at radius 3 is 2.62 bits per heavy atom. The zero-order valence-electron chi connectivity index (χ0n) is 19.1. The Morgan fingerprint density at radius 1 is 1.22 bits per heavy atom. The Balaban J connectivity index is 1.59. The highest BCUT2D eigenvalue weighted by Gasteiger charge is 2.25. The zero-order valence-corrected chi connectivity index (χ0v) is 20.7. The van der Waals surface area contributed by atoms with Crippen molar-refractivity contribution in [1.82, 2.24) is 16.0 Å². The van der Waals surface area contributed by atoms with E-state index in [1.807, 2.05) is 6.08 Å². The molecule has 13 heteroatoms. The molecule has 6 N–H and O–H groups in total. The van der Waals surface area contributed by atoms with Crippen molar-refractivity contribution in [1.29, 1.82) is 0 Å². The minimum absolute atomic E-state index is 0.0848. The Kier molecular flexibility index (Phi) is 9.41. The van der Waals surface area contributed by atoms with Crippen LogP contribution in [0.4, 0.5) is 9.39 Å². The number of ether oxygens (including phenoxy) is 1. The molecular weight excluding hydrogens is 527 g/mol. The molecule has 1 aromatic heterocycles.